The number of nitrogens with one attached hydrogen (secondary N) is 1. The van der Waals surface area contributed by atoms with E-state index in [0.717, 1.165) is 6.54 Å². The minimum Gasteiger partial charge on any atom is -0.353 e. The number of alkyl halides is 1. The number of carbonyl (C=O) groups excluding carboxylic acids is 1. The van der Waals surface area contributed by atoms with Gasteiger partial charge in [-0.3, -0.25) is 9.69 Å². The van der Waals surface area contributed by atoms with Gasteiger partial charge < -0.3 is 5.32 Å². The molecule has 3 nitrogen and oxygen atoms in total. The minimum absolute atomic E-state index is 0.00333. The molecule has 0 aromatic carbocycles. The van der Waals surface area contributed by atoms with Gasteiger partial charge in [-0.1, -0.05) is 0 Å². The number of piperazine rings is 1. The van der Waals surface area contributed by atoms with Gasteiger partial charge in [0.25, 0.3) is 0 Å². The Labute approximate surface area is 64.6 Å². The summed E-state index contributed by atoms with van der Waals surface area (Å²) in [7, 11) is 0. The second-order valence-electron chi connectivity index (χ2n) is 3.13. The van der Waals surface area contributed by atoms with Crippen molar-refractivity contribution in [1.29, 1.82) is 0 Å². The van der Waals surface area contributed by atoms with Crippen LogP contribution in [-0.4, -0.2) is 42.7 Å². The number of hydrogen-bond donors (Lipinski definition) is 1. The van der Waals surface area contributed by atoms with Gasteiger partial charge >= 0.3 is 0 Å². The lowest BCUT2D eigenvalue weighted by Gasteiger charge is -2.28. The zero-order chi connectivity index (χ0) is 7.84. The number of rotatable bonds is 0. The Balaban J connectivity index is 2.09. The number of amides is 1. The maximum atomic E-state index is 12.8. The summed E-state index contributed by atoms with van der Waals surface area (Å²) < 4.78 is 12.8. The minimum atomic E-state index is -0.802. The molecule has 2 unspecified atom stereocenters. The molecule has 0 radical (unpaired) electrons. The van der Waals surface area contributed by atoms with Crippen molar-refractivity contribution in [3.8, 4) is 0 Å². The number of fused-ring (bicyclic) bond motifs is 1. The van der Waals surface area contributed by atoms with Gasteiger partial charge in [0.1, 0.15) is 6.17 Å². The predicted molar refractivity (Wildman–Crippen MR) is 37.9 cm³/mol. The third-order valence-electron chi connectivity index (χ3n) is 2.35. The predicted octanol–water partition coefficient (Wildman–Crippen LogP) is -0.471. The fourth-order valence-corrected chi connectivity index (χ4v) is 1.81. The average molecular weight is 158 g/mol. The molecule has 4 heteroatoms. The van der Waals surface area contributed by atoms with Gasteiger partial charge in [0.2, 0.25) is 5.91 Å². The SMILES string of the molecule is O=C1NCCN2CC(F)CC12. The van der Waals surface area contributed by atoms with E-state index in [-0.39, 0.29) is 11.9 Å². The van der Waals surface area contributed by atoms with E-state index in [1.807, 2.05) is 4.90 Å². The molecule has 0 spiro atoms. The Morgan fingerprint density at radius 1 is 1.64 bits per heavy atom. The Hall–Kier alpha value is -0.640. The first-order valence-corrected chi connectivity index (χ1v) is 3.93. The summed E-state index contributed by atoms with van der Waals surface area (Å²) in [5.41, 5.74) is 0. The van der Waals surface area contributed by atoms with Crippen LogP contribution >= 0.6 is 0 Å². The molecule has 2 fully saturated rings. The monoisotopic (exact) mass is 158 g/mol. The number of hydrogen-bond acceptors (Lipinski definition) is 2. The van der Waals surface area contributed by atoms with Crippen molar-refractivity contribution in [3.05, 3.63) is 0 Å². The molecule has 62 valence electrons. The van der Waals surface area contributed by atoms with Gasteiger partial charge in [-0.25, -0.2) is 4.39 Å². The highest BCUT2D eigenvalue weighted by Gasteiger charge is 2.38. The Morgan fingerprint density at radius 2 is 2.45 bits per heavy atom. The van der Waals surface area contributed by atoms with Crippen LogP contribution in [0.5, 0.6) is 0 Å². The van der Waals surface area contributed by atoms with Gasteiger partial charge in [0.05, 0.1) is 6.04 Å². The van der Waals surface area contributed by atoms with Crippen LogP contribution in [0, 0.1) is 0 Å². The van der Waals surface area contributed by atoms with Crippen molar-refractivity contribution in [2.75, 3.05) is 19.6 Å². The second kappa shape index (κ2) is 2.44. The van der Waals surface area contributed by atoms with E-state index in [1.54, 1.807) is 0 Å². The fourth-order valence-electron chi connectivity index (χ4n) is 1.81. The van der Waals surface area contributed by atoms with Crippen LogP contribution in [0.4, 0.5) is 4.39 Å². The van der Waals surface area contributed by atoms with Crippen molar-refractivity contribution < 1.29 is 9.18 Å². The molecule has 2 aliphatic heterocycles. The molecule has 2 aliphatic rings. The molecule has 2 saturated heterocycles. The van der Waals surface area contributed by atoms with Crippen LogP contribution in [0.2, 0.25) is 0 Å². The highest BCUT2D eigenvalue weighted by atomic mass is 19.1. The summed E-state index contributed by atoms with van der Waals surface area (Å²) in [5, 5.41) is 2.73. The number of halogens is 1. The zero-order valence-corrected chi connectivity index (χ0v) is 6.22. The van der Waals surface area contributed by atoms with E-state index in [2.05, 4.69) is 5.32 Å². The van der Waals surface area contributed by atoms with E-state index in [9.17, 15) is 9.18 Å². The Kier molecular flexibility index (Phi) is 1.56. The lowest BCUT2D eigenvalue weighted by molar-refractivity contribution is -0.127. The van der Waals surface area contributed by atoms with Crippen molar-refractivity contribution in [2.45, 2.75) is 18.6 Å². The average Bonchev–Trinajstić information content (AvgIpc) is 2.31. The van der Waals surface area contributed by atoms with Crippen molar-refractivity contribution in [2.24, 2.45) is 0 Å². The molecule has 1 N–H and O–H groups in total. The highest BCUT2D eigenvalue weighted by molar-refractivity contribution is 5.82. The van der Waals surface area contributed by atoms with E-state index >= 15 is 0 Å². The van der Waals surface area contributed by atoms with Gasteiger partial charge in [-0.05, 0) is 0 Å². The van der Waals surface area contributed by atoms with Crippen LogP contribution < -0.4 is 5.32 Å². The molecule has 2 heterocycles. The highest BCUT2D eigenvalue weighted by Crippen LogP contribution is 2.21. The summed E-state index contributed by atoms with van der Waals surface area (Å²) >= 11 is 0. The lowest BCUT2D eigenvalue weighted by Crippen LogP contribution is -2.51. The first-order valence-electron chi connectivity index (χ1n) is 3.93. The topological polar surface area (TPSA) is 32.3 Å². The molecule has 1 amide bonds. The third kappa shape index (κ3) is 1.11. The summed E-state index contributed by atoms with van der Waals surface area (Å²) in [6.45, 7) is 1.91. The molecular formula is C7H11FN2O. The molecule has 0 aromatic heterocycles. The summed E-state index contributed by atoms with van der Waals surface area (Å²) in [6, 6.07) is -0.182. The van der Waals surface area contributed by atoms with Gasteiger partial charge in [-0.2, -0.15) is 0 Å². The Morgan fingerprint density at radius 3 is 3.18 bits per heavy atom. The third-order valence-corrected chi connectivity index (χ3v) is 2.35. The largest absolute Gasteiger partial charge is 0.353 e. The molecule has 2 rings (SSSR count). The van der Waals surface area contributed by atoms with E-state index in [1.165, 1.54) is 0 Å². The van der Waals surface area contributed by atoms with Gasteiger partial charge in [-0.15, -0.1) is 0 Å². The maximum absolute atomic E-state index is 12.8. The second-order valence-corrected chi connectivity index (χ2v) is 3.13. The molecule has 0 bridgehead atoms. The standard InChI is InChI=1S/C7H11FN2O/c8-5-3-6-7(11)9-1-2-10(6)4-5/h5-6H,1-4H2,(H,9,11). The quantitative estimate of drug-likeness (QED) is 0.517. The number of carbonyl (C=O) groups is 1. The molecule has 0 saturated carbocycles. The number of nitrogens with zero attached hydrogens (tertiary/aromatic N) is 1. The smallest absolute Gasteiger partial charge is 0.237 e. The van der Waals surface area contributed by atoms with Crippen LogP contribution in [0.1, 0.15) is 6.42 Å². The molecule has 2 atom stereocenters. The van der Waals surface area contributed by atoms with Crippen LogP contribution in [0.25, 0.3) is 0 Å². The molecule has 0 aromatic rings. The first-order chi connectivity index (χ1) is 5.27. The van der Waals surface area contributed by atoms with E-state index in [0.29, 0.717) is 19.5 Å². The van der Waals surface area contributed by atoms with Crippen molar-refractivity contribution in [1.82, 2.24) is 10.2 Å². The summed E-state index contributed by atoms with van der Waals surface area (Å²) in [4.78, 5) is 13.0. The van der Waals surface area contributed by atoms with Gasteiger partial charge in [0.15, 0.2) is 0 Å². The summed E-state index contributed by atoms with van der Waals surface area (Å²) in [6.07, 6.45) is -0.421. The first kappa shape index (κ1) is 7.03. The zero-order valence-electron chi connectivity index (χ0n) is 6.22. The normalized spacial score (nSPS) is 38.5. The van der Waals surface area contributed by atoms with E-state index < -0.39 is 6.17 Å². The Bertz CT molecular complexity index is 185. The van der Waals surface area contributed by atoms with Crippen LogP contribution in [-0.2, 0) is 4.79 Å². The maximum Gasteiger partial charge on any atom is 0.237 e. The van der Waals surface area contributed by atoms with E-state index in [4.69, 9.17) is 0 Å². The molecule has 0 aliphatic carbocycles. The van der Waals surface area contributed by atoms with Crippen molar-refractivity contribution >= 4 is 5.91 Å². The fraction of sp³-hybridized carbons (Fsp3) is 0.857. The molecule has 11 heavy (non-hydrogen) atoms. The van der Waals surface area contributed by atoms with Crippen LogP contribution in [0.15, 0.2) is 0 Å². The summed E-state index contributed by atoms with van der Waals surface area (Å²) in [5.74, 6) is -0.00333. The lowest BCUT2D eigenvalue weighted by atomic mass is 10.1. The molecular weight excluding hydrogens is 147 g/mol. The van der Waals surface area contributed by atoms with Gasteiger partial charge in [0, 0.05) is 26.1 Å². The van der Waals surface area contributed by atoms with Crippen molar-refractivity contribution in [3.63, 3.8) is 0 Å². The van der Waals surface area contributed by atoms with Crippen LogP contribution in [0.3, 0.4) is 0 Å².